The summed E-state index contributed by atoms with van der Waals surface area (Å²) < 4.78 is 5.39. The van der Waals surface area contributed by atoms with Crippen molar-refractivity contribution in [2.24, 2.45) is 5.41 Å². The molecule has 0 bridgehead atoms. The van der Waals surface area contributed by atoms with Gasteiger partial charge in [-0.3, -0.25) is 9.69 Å². The van der Waals surface area contributed by atoms with Crippen LogP contribution in [0.15, 0.2) is 22.8 Å². The highest BCUT2D eigenvalue weighted by Gasteiger charge is 2.39. The van der Waals surface area contributed by atoms with Crippen LogP contribution in [0.1, 0.15) is 38.5 Å². The first-order chi connectivity index (χ1) is 8.03. The third-order valence-corrected chi connectivity index (χ3v) is 3.74. The Morgan fingerprint density at radius 1 is 1.65 bits per heavy atom. The molecule has 2 heterocycles. The van der Waals surface area contributed by atoms with Gasteiger partial charge in [0.2, 0.25) is 0 Å². The molecule has 1 aromatic heterocycles. The Morgan fingerprint density at radius 3 is 3.00 bits per heavy atom. The number of piperidine rings is 1. The van der Waals surface area contributed by atoms with E-state index >= 15 is 0 Å². The van der Waals surface area contributed by atoms with E-state index in [2.05, 4.69) is 11.8 Å². The van der Waals surface area contributed by atoms with Crippen LogP contribution in [0.4, 0.5) is 0 Å². The van der Waals surface area contributed by atoms with Crippen molar-refractivity contribution in [3.05, 3.63) is 24.2 Å². The summed E-state index contributed by atoms with van der Waals surface area (Å²) >= 11 is 0. The molecule has 2 atom stereocenters. The number of hydrogen-bond donors (Lipinski definition) is 1. The highest BCUT2D eigenvalue weighted by Crippen LogP contribution is 2.34. The van der Waals surface area contributed by atoms with Gasteiger partial charge in [0.15, 0.2) is 0 Å². The zero-order valence-corrected chi connectivity index (χ0v) is 10.3. The van der Waals surface area contributed by atoms with Crippen molar-refractivity contribution >= 4 is 5.97 Å². The number of likely N-dealkylation sites (tertiary alicyclic amines) is 1. The standard InChI is InChI=1S/C13H19NO3/c1-10(11-5-3-8-17-11)14-7-4-6-13(2,9-14)12(15)16/h3,5,8,10H,4,6-7,9H2,1-2H3,(H,15,16). The quantitative estimate of drug-likeness (QED) is 0.877. The number of rotatable bonds is 3. The number of carbonyl (C=O) groups is 1. The number of hydrogen-bond acceptors (Lipinski definition) is 3. The van der Waals surface area contributed by atoms with E-state index in [9.17, 15) is 9.90 Å². The molecule has 1 saturated heterocycles. The van der Waals surface area contributed by atoms with Crippen LogP contribution < -0.4 is 0 Å². The Balaban J connectivity index is 2.10. The lowest BCUT2D eigenvalue weighted by Gasteiger charge is -2.40. The Bertz CT molecular complexity index is 387. The predicted molar refractivity (Wildman–Crippen MR) is 63.7 cm³/mol. The van der Waals surface area contributed by atoms with Crippen LogP contribution in [-0.2, 0) is 4.79 Å². The SMILES string of the molecule is CC(c1ccco1)N1CCCC(C)(C(=O)O)C1. The molecular formula is C13H19NO3. The van der Waals surface area contributed by atoms with Crippen LogP contribution >= 0.6 is 0 Å². The van der Waals surface area contributed by atoms with Crippen LogP contribution in [-0.4, -0.2) is 29.1 Å². The molecule has 2 rings (SSSR count). The van der Waals surface area contributed by atoms with E-state index in [0.29, 0.717) is 6.54 Å². The lowest BCUT2D eigenvalue weighted by atomic mass is 9.81. The third-order valence-electron chi connectivity index (χ3n) is 3.74. The van der Waals surface area contributed by atoms with E-state index < -0.39 is 11.4 Å². The molecule has 4 nitrogen and oxygen atoms in total. The molecule has 0 saturated carbocycles. The highest BCUT2D eigenvalue weighted by atomic mass is 16.4. The van der Waals surface area contributed by atoms with Crippen molar-refractivity contribution in [3.63, 3.8) is 0 Å². The van der Waals surface area contributed by atoms with Crippen molar-refractivity contribution in [1.29, 1.82) is 0 Å². The molecule has 1 N–H and O–H groups in total. The lowest BCUT2D eigenvalue weighted by Crippen LogP contribution is -2.46. The summed E-state index contributed by atoms with van der Waals surface area (Å²) in [4.78, 5) is 13.5. The van der Waals surface area contributed by atoms with Crippen LogP contribution in [0.25, 0.3) is 0 Å². The molecule has 0 radical (unpaired) electrons. The monoisotopic (exact) mass is 237 g/mol. The minimum atomic E-state index is -0.700. The fraction of sp³-hybridized carbons (Fsp3) is 0.615. The first-order valence-corrected chi connectivity index (χ1v) is 6.04. The number of carboxylic acids is 1. The molecule has 0 aliphatic carbocycles. The van der Waals surface area contributed by atoms with Gasteiger partial charge in [0.1, 0.15) is 5.76 Å². The first-order valence-electron chi connectivity index (χ1n) is 6.04. The normalized spacial score (nSPS) is 27.9. The van der Waals surface area contributed by atoms with Crippen molar-refractivity contribution in [3.8, 4) is 0 Å². The summed E-state index contributed by atoms with van der Waals surface area (Å²) in [7, 11) is 0. The zero-order valence-electron chi connectivity index (χ0n) is 10.3. The summed E-state index contributed by atoms with van der Waals surface area (Å²) in [5, 5.41) is 9.28. The maximum atomic E-state index is 11.3. The molecule has 4 heteroatoms. The van der Waals surface area contributed by atoms with Crippen molar-refractivity contribution < 1.29 is 14.3 Å². The van der Waals surface area contributed by atoms with E-state index in [1.807, 2.05) is 19.1 Å². The molecule has 1 aromatic rings. The minimum Gasteiger partial charge on any atom is -0.481 e. The Labute approximate surface area is 101 Å². The van der Waals surface area contributed by atoms with Crippen molar-refractivity contribution in [2.75, 3.05) is 13.1 Å². The summed E-state index contributed by atoms with van der Waals surface area (Å²) in [5.41, 5.74) is -0.626. The smallest absolute Gasteiger partial charge is 0.310 e. The maximum absolute atomic E-state index is 11.3. The number of aliphatic carboxylic acids is 1. The van der Waals surface area contributed by atoms with Gasteiger partial charge < -0.3 is 9.52 Å². The molecule has 1 fully saturated rings. The molecule has 2 unspecified atom stereocenters. The van der Waals surface area contributed by atoms with Crippen molar-refractivity contribution in [1.82, 2.24) is 4.90 Å². The Kier molecular flexibility index (Phi) is 3.24. The van der Waals surface area contributed by atoms with E-state index in [1.165, 1.54) is 0 Å². The van der Waals surface area contributed by atoms with Gasteiger partial charge in [0.05, 0.1) is 17.7 Å². The highest BCUT2D eigenvalue weighted by molar-refractivity contribution is 5.74. The number of furan rings is 1. The largest absolute Gasteiger partial charge is 0.481 e. The fourth-order valence-electron chi connectivity index (χ4n) is 2.49. The maximum Gasteiger partial charge on any atom is 0.310 e. The van der Waals surface area contributed by atoms with E-state index in [1.54, 1.807) is 6.26 Å². The molecule has 0 aromatic carbocycles. The van der Waals surface area contributed by atoms with E-state index in [-0.39, 0.29) is 6.04 Å². The van der Waals surface area contributed by atoms with Crippen LogP contribution in [0, 0.1) is 5.41 Å². The van der Waals surface area contributed by atoms with Gasteiger partial charge in [0.25, 0.3) is 0 Å². The lowest BCUT2D eigenvalue weighted by molar-refractivity contribution is -0.151. The second kappa shape index (κ2) is 4.53. The molecular weight excluding hydrogens is 218 g/mol. The van der Waals surface area contributed by atoms with Crippen LogP contribution in [0.5, 0.6) is 0 Å². The average molecular weight is 237 g/mol. The van der Waals surface area contributed by atoms with Gasteiger partial charge in [-0.1, -0.05) is 0 Å². The van der Waals surface area contributed by atoms with Gasteiger partial charge in [-0.05, 0) is 45.4 Å². The zero-order chi connectivity index (χ0) is 12.5. The number of carboxylic acid groups (broad SMARTS) is 1. The third kappa shape index (κ3) is 2.36. The predicted octanol–water partition coefficient (Wildman–Crippen LogP) is 2.53. The fourth-order valence-corrected chi connectivity index (χ4v) is 2.49. The Morgan fingerprint density at radius 2 is 2.41 bits per heavy atom. The molecule has 1 aliphatic heterocycles. The summed E-state index contributed by atoms with van der Waals surface area (Å²) in [5.74, 6) is 0.202. The molecule has 1 aliphatic rings. The van der Waals surface area contributed by atoms with Crippen molar-refractivity contribution in [2.45, 2.75) is 32.7 Å². The topological polar surface area (TPSA) is 53.7 Å². The first kappa shape index (κ1) is 12.2. The molecule has 0 amide bonds. The molecule has 0 spiro atoms. The molecule has 94 valence electrons. The summed E-state index contributed by atoms with van der Waals surface area (Å²) in [6.07, 6.45) is 3.34. The molecule has 17 heavy (non-hydrogen) atoms. The summed E-state index contributed by atoms with van der Waals surface area (Å²) in [6, 6.07) is 3.95. The number of nitrogens with zero attached hydrogens (tertiary/aromatic N) is 1. The minimum absolute atomic E-state index is 0.143. The second-order valence-electron chi connectivity index (χ2n) is 5.13. The van der Waals surface area contributed by atoms with Gasteiger partial charge in [-0.25, -0.2) is 0 Å². The van der Waals surface area contributed by atoms with Crippen LogP contribution in [0.2, 0.25) is 0 Å². The van der Waals surface area contributed by atoms with Gasteiger partial charge in [-0.2, -0.15) is 0 Å². The van der Waals surface area contributed by atoms with E-state index in [4.69, 9.17) is 4.42 Å². The van der Waals surface area contributed by atoms with Crippen LogP contribution in [0.3, 0.4) is 0 Å². The van der Waals surface area contributed by atoms with Gasteiger partial charge in [0, 0.05) is 6.54 Å². The van der Waals surface area contributed by atoms with E-state index in [0.717, 1.165) is 25.1 Å². The van der Waals surface area contributed by atoms with Gasteiger partial charge in [-0.15, -0.1) is 0 Å². The summed E-state index contributed by atoms with van der Waals surface area (Å²) in [6.45, 7) is 5.41. The average Bonchev–Trinajstić information content (AvgIpc) is 2.81. The second-order valence-corrected chi connectivity index (χ2v) is 5.13. The Hall–Kier alpha value is -1.29. The van der Waals surface area contributed by atoms with Gasteiger partial charge >= 0.3 is 5.97 Å².